The van der Waals surface area contributed by atoms with Crippen molar-refractivity contribution in [3.8, 4) is 0 Å². The van der Waals surface area contributed by atoms with Gasteiger partial charge in [-0.1, -0.05) is 12.5 Å². The molecular formula is C11H19NO. The van der Waals surface area contributed by atoms with Gasteiger partial charge in [0.05, 0.1) is 6.26 Å². The van der Waals surface area contributed by atoms with Crippen molar-refractivity contribution in [2.24, 2.45) is 0 Å². The second-order valence-electron chi connectivity index (χ2n) is 3.33. The summed E-state index contributed by atoms with van der Waals surface area (Å²) < 4.78 is 5.47. The quantitative estimate of drug-likeness (QED) is 0.671. The van der Waals surface area contributed by atoms with Gasteiger partial charge in [-0.3, -0.25) is 0 Å². The van der Waals surface area contributed by atoms with Crippen LogP contribution in [-0.2, 0) is 4.74 Å². The fourth-order valence-corrected chi connectivity index (χ4v) is 1.47. The van der Waals surface area contributed by atoms with Gasteiger partial charge in [0.2, 0.25) is 0 Å². The Morgan fingerprint density at radius 3 is 3.08 bits per heavy atom. The van der Waals surface area contributed by atoms with Crippen molar-refractivity contribution < 1.29 is 4.74 Å². The van der Waals surface area contributed by atoms with E-state index in [1.54, 1.807) is 0 Å². The summed E-state index contributed by atoms with van der Waals surface area (Å²) in [6.07, 6.45) is 9.80. The van der Waals surface area contributed by atoms with Gasteiger partial charge in [-0.15, -0.1) is 0 Å². The van der Waals surface area contributed by atoms with Crippen molar-refractivity contribution in [1.29, 1.82) is 0 Å². The molecule has 0 amide bonds. The monoisotopic (exact) mass is 181 g/mol. The van der Waals surface area contributed by atoms with Gasteiger partial charge >= 0.3 is 0 Å². The molecule has 0 saturated carbocycles. The summed E-state index contributed by atoms with van der Waals surface area (Å²) in [5.74, 6) is 0. The molecule has 1 unspecified atom stereocenters. The molecule has 1 heterocycles. The van der Waals surface area contributed by atoms with Crippen LogP contribution in [0, 0.1) is 0 Å². The van der Waals surface area contributed by atoms with Crippen LogP contribution >= 0.6 is 0 Å². The van der Waals surface area contributed by atoms with Gasteiger partial charge in [0.25, 0.3) is 0 Å². The molecule has 1 N–H and O–H groups in total. The third kappa shape index (κ3) is 3.64. The highest BCUT2D eigenvalue weighted by atomic mass is 16.5. The minimum absolute atomic E-state index is 0.299. The molecule has 2 heteroatoms. The van der Waals surface area contributed by atoms with E-state index >= 15 is 0 Å². The van der Waals surface area contributed by atoms with Gasteiger partial charge in [0, 0.05) is 6.54 Å². The summed E-state index contributed by atoms with van der Waals surface area (Å²) in [5, 5.41) is 3.17. The maximum absolute atomic E-state index is 5.47. The Bertz CT molecular complexity index is 196. The highest BCUT2D eigenvalue weighted by molar-refractivity contribution is 5.08. The number of likely N-dealkylation sites (N-methyl/N-ethyl adjacent to an activating group) is 1. The molecule has 13 heavy (non-hydrogen) atoms. The molecule has 74 valence electrons. The number of ether oxygens (including phenoxy) is 1. The first-order valence-electron chi connectivity index (χ1n) is 5.01. The van der Waals surface area contributed by atoms with Crippen LogP contribution in [0.25, 0.3) is 0 Å². The zero-order valence-corrected chi connectivity index (χ0v) is 8.55. The van der Waals surface area contributed by atoms with E-state index in [1.807, 2.05) is 13.3 Å². The van der Waals surface area contributed by atoms with Gasteiger partial charge in [0.1, 0.15) is 6.10 Å². The Kier molecular flexibility index (Phi) is 4.61. The molecule has 0 aromatic carbocycles. The molecule has 0 spiro atoms. The standard InChI is InChI=1S/C11H19NO/c1-3-10(9-12-2)8-11-6-4-5-7-13-11/h5,7-8,11-12H,3-4,6,9H2,1-2H3. The largest absolute Gasteiger partial charge is 0.494 e. The second kappa shape index (κ2) is 5.81. The number of allylic oxidation sites excluding steroid dienone is 1. The molecule has 0 bridgehead atoms. The summed E-state index contributed by atoms with van der Waals surface area (Å²) in [6.45, 7) is 3.15. The van der Waals surface area contributed by atoms with Crippen molar-refractivity contribution in [3.63, 3.8) is 0 Å². The molecule has 0 aliphatic carbocycles. The van der Waals surface area contributed by atoms with E-state index < -0.39 is 0 Å². The van der Waals surface area contributed by atoms with Crippen LogP contribution in [0.3, 0.4) is 0 Å². The smallest absolute Gasteiger partial charge is 0.117 e. The Labute approximate surface area is 80.7 Å². The second-order valence-corrected chi connectivity index (χ2v) is 3.33. The first-order valence-corrected chi connectivity index (χ1v) is 5.01. The van der Waals surface area contributed by atoms with E-state index in [9.17, 15) is 0 Å². The lowest BCUT2D eigenvalue weighted by Gasteiger charge is -2.17. The van der Waals surface area contributed by atoms with Gasteiger partial charge in [0.15, 0.2) is 0 Å². The maximum Gasteiger partial charge on any atom is 0.117 e. The lowest BCUT2D eigenvalue weighted by molar-refractivity contribution is 0.164. The highest BCUT2D eigenvalue weighted by Gasteiger charge is 2.08. The molecule has 1 atom stereocenters. The third-order valence-electron chi connectivity index (χ3n) is 2.25. The van der Waals surface area contributed by atoms with Crippen LogP contribution in [0.5, 0.6) is 0 Å². The van der Waals surface area contributed by atoms with E-state index in [2.05, 4.69) is 24.4 Å². The minimum Gasteiger partial charge on any atom is -0.494 e. The summed E-state index contributed by atoms with van der Waals surface area (Å²) in [5.41, 5.74) is 1.43. The molecule has 0 aromatic rings. The first kappa shape index (κ1) is 10.3. The molecule has 0 radical (unpaired) electrons. The Morgan fingerprint density at radius 2 is 2.54 bits per heavy atom. The Hall–Kier alpha value is -0.760. The number of nitrogens with one attached hydrogen (secondary N) is 1. The maximum atomic E-state index is 5.47. The zero-order chi connectivity index (χ0) is 9.52. The Morgan fingerprint density at radius 1 is 1.69 bits per heavy atom. The molecule has 2 nitrogen and oxygen atoms in total. The van der Waals surface area contributed by atoms with Crippen molar-refractivity contribution in [3.05, 3.63) is 24.0 Å². The summed E-state index contributed by atoms with van der Waals surface area (Å²) in [7, 11) is 1.98. The minimum atomic E-state index is 0.299. The Balaban J connectivity index is 2.45. The van der Waals surface area contributed by atoms with Gasteiger partial charge < -0.3 is 10.1 Å². The molecule has 0 saturated heterocycles. The van der Waals surface area contributed by atoms with Gasteiger partial charge in [-0.25, -0.2) is 0 Å². The first-order chi connectivity index (χ1) is 6.36. The van der Waals surface area contributed by atoms with Crippen molar-refractivity contribution >= 4 is 0 Å². The fraction of sp³-hybridized carbons (Fsp3) is 0.636. The number of hydrogen-bond acceptors (Lipinski definition) is 2. The highest BCUT2D eigenvalue weighted by Crippen LogP contribution is 2.14. The SMILES string of the molecule is CCC(=CC1CCC=CO1)CNC. The predicted molar refractivity (Wildman–Crippen MR) is 55.5 cm³/mol. The number of rotatable bonds is 4. The molecular weight excluding hydrogens is 162 g/mol. The normalized spacial score (nSPS) is 22.9. The van der Waals surface area contributed by atoms with Gasteiger partial charge in [-0.05, 0) is 38.5 Å². The van der Waals surface area contributed by atoms with Crippen LogP contribution in [0.4, 0.5) is 0 Å². The van der Waals surface area contributed by atoms with Crippen molar-refractivity contribution in [1.82, 2.24) is 5.32 Å². The topological polar surface area (TPSA) is 21.3 Å². The van der Waals surface area contributed by atoms with E-state index in [4.69, 9.17) is 4.74 Å². The van der Waals surface area contributed by atoms with E-state index in [1.165, 1.54) is 5.57 Å². The summed E-state index contributed by atoms with van der Waals surface area (Å²) >= 11 is 0. The average Bonchev–Trinajstić information content (AvgIpc) is 2.19. The molecule has 0 fully saturated rings. The lowest BCUT2D eigenvalue weighted by atomic mass is 10.1. The van der Waals surface area contributed by atoms with E-state index in [0.29, 0.717) is 6.10 Å². The average molecular weight is 181 g/mol. The molecule has 1 aliphatic rings. The van der Waals surface area contributed by atoms with Crippen LogP contribution < -0.4 is 5.32 Å². The van der Waals surface area contributed by atoms with Crippen LogP contribution in [0.1, 0.15) is 26.2 Å². The van der Waals surface area contributed by atoms with Crippen LogP contribution in [-0.4, -0.2) is 19.7 Å². The van der Waals surface area contributed by atoms with Crippen LogP contribution in [0.2, 0.25) is 0 Å². The fourth-order valence-electron chi connectivity index (χ4n) is 1.47. The number of hydrogen-bond donors (Lipinski definition) is 1. The summed E-state index contributed by atoms with van der Waals surface area (Å²) in [6, 6.07) is 0. The molecule has 1 aliphatic heterocycles. The summed E-state index contributed by atoms with van der Waals surface area (Å²) in [4.78, 5) is 0. The lowest BCUT2D eigenvalue weighted by Crippen LogP contribution is -2.15. The van der Waals surface area contributed by atoms with Crippen LogP contribution in [0.15, 0.2) is 24.0 Å². The van der Waals surface area contributed by atoms with Crippen molar-refractivity contribution in [2.75, 3.05) is 13.6 Å². The van der Waals surface area contributed by atoms with E-state index in [-0.39, 0.29) is 0 Å². The molecule has 0 aromatic heterocycles. The molecule has 1 rings (SSSR count). The van der Waals surface area contributed by atoms with Crippen molar-refractivity contribution in [2.45, 2.75) is 32.3 Å². The third-order valence-corrected chi connectivity index (χ3v) is 2.25. The zero-order valence-electron chi connectivity index (χ0n) is 8.55. The van der Waals surface area contributed by atoms with E-state index in [0.717, 1.165) is 25.8 Å². The van der Waals surface area contributed by atoms with Gasteiger partial charge in [-0.2, -0.15) is 0 Å². The predicted octanol–water partition coefficient (Wildman–Crippen LogP) is 2.23.